The molecule has 1 unspecified atom stereocenters. The molecule has 2 rings (SSSR count). The number of hydrogen-bond donors (Lipinski definition) is 1. The number of hydrogen-bond acceptors (Lipinski definition) is 1. The minimum Gasteiger partial charge on any atom is -0.313 e. The average molecular weight is 339 g/mol. The molecule has 0 heterocycles. The SMILES string of the molecule is CNC(Cc1ccc(Cl)cc1)c1cccc(Br)c1C. The molecule has 0 aromatic heterocycles. The smallest absolute Gasteiger partial charge is 0.0406 e. The quantitative estimate of drug-likeness (QED) is 0.835. The van der Waals surface area contributed by atoms with E-state index in [0.717, 1.165) is 15.9 Å². The van der Waals surface area contributed by atoms with Crippen molar-refractivity contribution in [3.8, 4) is 0 Å². The van der Waals surface area contributed by atoms with Gasteiger partial charge in [-0.15, -0.1) is 0 Å². The fourth-order valence-electron chi connectivity index (χ4n) is 2.23. The molecule has 0 bridgehead atoms. The summed E-state index contributed by atoms with van der Waals surface area (Å²) in [6, 6.07) is 14.7. The fourth-order valence-corrected chi connectivity index (χ4v) is 2.73. The minimum absolute atomic E-state index is 0.304. The van der Waals surface area contributed by atoms with Crippen LogP contribution in [0.1, 0.15) is 22.7 Å². The Labute approximate surface area is 128 Å². The molecule has 2 aromatic rings. The van der Waals surface area contributed by atoms with Crippen molar-refractivity contribution in [1.29, 1.82) is 0 Å². The molecule has 100 valence electrons. The highest BCUT2D eigenvalue weighted by Gasteiger charge is 2.13. The highest BCUT2D eigenvalue weighted by molar-refractivity contribution is 9.10. The summed E-state index contributed by atoms with van der Waals surface area (Å²) in [5, 5.41) is 4.18. The Hall–Kier alpha value is -0.830. The lowest BCUT2D eigenvalue weighted by Crippen LogP contribution is -2.19. The Kier molecular flexibility index (Phi) is 5.03. The van der Waals surface area contributed by atoms with Gasteiger partial charge in [0.25, 0.3) is 0 Å². The van der Waals surface area contributed by atoms with Crippen molar-refractivity contribution < 1.29 is 0 Å². The third-order valence-electron chi connectivity index (χ3n) is 3.39. The van der Waals surface area contributed by atoms with Crippen molar-refractivity contribution in [2.45, 2.75) is 19.4 Å². The molecular formula is C16H17BrClN. The molecular weight excluding hydrogens is 322 g/mol. The van der Waals surface area contributed by atoms with E-state index in [9.17, 15) is 0 Å². The van der Waals surface area contributed by atoms with Gasteiger partial charge in [-0.05, 0) is 55.3 Å². The van der Waals surface area contributed by atoms with Crippen molar-refractivity contribution in [3.63, 3.8) is 0 Å². The van der Waals surface area contributed by atoms with E-state index in [1.54, 1.807) is 0 Å². The minimum atomic E-state index is 0.304. The van der Waals surface area contributed by atoms with Gasteiger partial charge in [0.15, 0.2) is 0 Å². The molecule has 19 heavy (non-hydrogen) atoms. The monoisotopic (exact) mass is 337 g/mol. The largest absolute Gasteiger partial charge is 0.313 e. The van der Waals surface area contributed by atoms with Gasteiger partial charge < -0.3 is 5.32 Å². The topological polar surface area (TPSA) is 12.0 Å². The van der Waals surface area contributed by atoms with Gasteiger partial charge in [0.05, 0.1) is 0 Å². The summed E-state index contributed by atoms with van der Waals surface area (Å²) in [4.78, 5) is 0. The zero-order valence-corrected chi connectivity index (χ0v) is 13.4. The highest BCUT2D eigenvalue weighted by atomic mass is 79.9. The molecule has 0 saturated heterocycles. The Morgan fingerprint density at radius 1 is 1.16 bits per heavy atom. The third-order valence-corrected chi connectivity index (χ3v) is 4.50. The third kappa shape index (κ3) is 3.59. The van der Waals surface area contributed by atoms with Crippen LogP contribution in [0.15, 0.2) is 46.9 Å². The zero-order chi connectivity index (χ0) is 13.8. The van der Waals surface area contributed by atoms with Crippen molar-refractivity contribution >= 4 is 27.5 Å². The lowest BCUT2D eigenvalue weighted by atomic mass is 9.95. The van der Waals surface area contributed by atoms with Gasteiger partial charge in [0.1, 0.15) is 0 Å². The predicted molar refractivity (Wildman–Crippen MR) is 85.8 cm³/mol. The van der Waals surface area contributed by atoms with Gasteiger partial charge in [-0.3, -0.25) is 0 Å². The molecule has 0 amide bonds. The summed E-state index contributed by atoms with van der Waals surface area (Å²) >= 11 is 9.52. The van der Waals surface area contributed by atoms with Crippen LogP contribution in [0.5, 0.6) is 0 Å². The Bertz CT molecular complexity index is 551. The molecule has 3 heteroatoms. The summed E-state index contributed by atoms with van der Waals surface area (Å²) in [7, 11) is 2.00. The Balaban J connectivity index is 2.25. The number of halogens is 2. The van der Waals surface area contributed by atoms with Crippen LogP contribution >= 0.6 is 27.5 Å². The van der Waals surface area contributed by atoms with Crippen molar-refractivity contribution in [2.75, 3.05) is 7.05 Å². The number of likely N-dealkylation sites (N-methyl/N-ethyl adjacent to an activating group) is 1. The van der Waals surface area contributed by atoms with Crippen LogP contribution in [0.2, 0.25) is 5.02 Å². The second-order valence-electron chi connectivity index (χ2n) is 4.63. The van der Waals surface area contributed by atoms with Crippen LogP contribution in [0.4, 0.5) is 0 Å². The van der Waals surface area contributed by atoms with E-state index in [0.29, 0.717) is 6.04 Å². The van der Waals surface area contributed by atoms with E-state index in [-0.39, 0.29) is 0 Å². The number of nitrogens with one attached hydrogen (secondary N) is 1. The molecule has 0 fully saturated rings. The van der Waals surface area contributed by atoms with Gasteiger partial charge in [0, 0.05) is 15.5 Å². The van der Waals surface area contributed by atoms with Crippen molar-refractivity contribution in [3.05, 3.63) is 68.7 Å². The fraction of sp³-hybridized carbons (Fsp3) is 0.250. The summed E-state index contributed by atoms with van der Waals surface area (Å²) < 4.78 is 1.15. The molecule has 0 aliphatic heterocycles. The van der Waals surface area contributed by atoms with Gasteiger partial charge in [-0.25, -0.2) is 0 Å². The van der Waals surface area contributed by atoms with Crippen LogP contribution in [0.25, 0.3) is 0 Å². The molecule has 0 aliphatic carbocycles. The van der Waals surface area contributed by atoms with Crippen LogP contribution in [0, 0.1) is 6.92 Å². The van der Waals surface area contributed by atoms with Crippen LogP contribution in [-0.4, -0.2) is 7.05 Å². The molecule has 2 aromatic carbocycles. The lowest BCUT2D eigenvalue weighted by Gasteiger charge is -2.20. The molecule has 1 nitrogen and oxygen atoms in total. The maximum absolute atomic E-state index is 5.92. The Morgan fingerprint density at radius 2 is 1.84 bits per heavy atom. The molecule has 0 aliphatic rings. The highest BCUT2D eigenvalue weighted by Crippen LogP contribution is 2.27. The summed E-state index contributed by atoms with van der Waals surface area (Å²) in [5.74, 6) is 0. The molecule has 1 N–H and O–H groups in total. The van der Waals surface area contributed by atoms with Crippen LogP contribution < -0.4 is 5.32 Å². The molecule has 0 saturated carbocycles. The van der Waals surface area contributed by atoms with Gasteiger partial charge in [0.2, 0.25) is 0 Å². The first-order valence-corrected chi connectivity index (χ1v) is 7.45. The number of benzene rings is 2. The molecule has 0 radical (unpaired) electrons. The van der Waals surface area contributed by atoms with E-state index in [1.807, 2.05) is 19.2 Å². The van der Waals surface area contributed by atoms with E-state index in [1.165, 1.54) is 16.7 Å². The second-order valence-corrected chi connectivity index (χ2v) is 5.92. The average Bonchev–Trinajstić information content (AvgIpc) is 2.42. The lowest BCUT2D eigenvalue weighted by molar-refractivity contribution is 0.588. The van der Waals surface area contributed by atoms with Gasteiger partial charge in [-0.2, -0.15) is 0 Å². The van der Waals surface area contributed by atoms with E-state index >= 15 is 0 Å². The predicted octanol–water partition coefficient (Wildman–Crippen LogP) is 4.91. The first-order chi connectivity index (χ1) is 9.11. The number of rotatable bonds is 4. The van der Waals surface area contributed by atoms with Crippen LogP contribution in [-0.2, 0) is 6.42 Å². The van der Waals surface area contributed by atoms with E-state index < -0.39 is 0 Å². The van der Waals surface area contributed by atoms with Crippen molar-refractivity contribution in [2.24, 2.45) is 0 Å². The van der Waals surface area contributed by atoms with Gasteiger partial charge >= 0.3 is 0 Å². The van der Waals surface area contributed by atoms with E-state index in [4.69, 9.17) is 11.6 Å². The van der Waals surface area contributed by atoms with Crippen LogP contribution in [0.3, 0.4) is 0 Å². The summed E-state index contributed by atoms with van der Waals surface area (Å²) in [5.41, 5.74) is 3.89. The normalized spacial score (nSPS) is 12.4. The molecule has 1 atom stereocenters. The maximum Gasteiger partial charge on any atom is 0.0406 e. The van der Waals surface area contributed by atoms with E-state index in [2.05, 4.69) is 58.5 Å². The first kappa shape index (κ1) is 14.6. The van der Waals surface area contributed by atoms with Crippen molar-refractivity contribution in [1.82, 2.24) is 5.32 Å². The maximum atomic E-state index is 5.92. The van der Waals surface area contributed by atoms with Gasteiger partial charge in [-0.1, -0.05) is 51.8 Å². The summed E-state index contributed by atoms with van der Waals surface area (Å²) in [6.45, 7) is 2.14. The zero-order valence-electron chi connectivity index (χ0n) is 11.1. The summed E-state index contributed by atoms with van der Waals surface area (Å²) in [6.07, 6.45) is 0.949. The molecule has 0 spiro atoms. The second kappa shape index (κ2) is 6.56. The standard InChI is InChI=1S/C16H17BrClN/c1-11-14(4-3-5-15(11)17)16(19-2)10-12-6-8-13(18)9-7-12/h3-9,16,19H,10H2,1-2H3. The first-order valence-electron chi connectivity index (χ1n) is 6.28. The Morgan fingerprint density at radius 3 is 2.47 bits per heavy atom.